The zero-order valence-corrected chi connectivity index (χ0v) is 10.4. The molecule has 0 amide bonds. The molecule has 0 bridgehead atoms. The standard InChI is InChI=1S/C15H17NO2/c1-2-18-14-9-8-12(15(17)10-14)11-16-13-6-4-3-5-7-13/h3-10,16-17H,2,11H2,1H3. The first-order valence-electron chi connectivity index (χ1n) is 6.03. The highest BCUT2D eigenvalue weighted by atomic mass is 16.5. The Morgan fingerprint density at radius 1 is 1.11 bits per heavy atom. The summed E-state index contributed by atoms with van der Waals surface area (Å²) < 4.78 is 5.32. The van der Waals surface area contributed by atoms with E-state index in [1.165, 1.54) is 0 Å². The van der Waals surface area contributed by atoms with Crippen molar-refractivity contribution in [3.8, 4) is 11.5 Å². The zero-order chi connectivity index (χ0) is 12.8. The van der Waals surface area contributed by atoms with Crippen molar-refractivity contribution in [3.05, 3.63) is 54.1 Å². The number of anilines is 1. The van der Waals surface area contributed by atoms with Gasteiger partial charge in [-0.15, -0.1) is 0 Å². The zero-order valence-electron chi connectivity index (χ0n) is 10.4. The van der Waals surface area contributed by atoms with E-state index in [4.69, 9.17) is 4.74 Å². The van der Waals surface area contributed by atoms with Crippen LogP contribution in [0.25, 0.3) is 0 Å². The van der Waals surface area contributed by atoms with Crippen molar-refractivity contribution in [2.45, 2.75) is 13.5 Å². The fourth-order valence-electron chi connectivity index (χ4n) is 1.70. The van der Waals surface area contributed by atoms with Crippen molar-refractivity contribution in [1.29, 1.82) is 0 Å². The van der Waals surface area contributed by atoms with Crippen molar-refractivity contribution < 1.29 is 9.84 Å². The molecule has 0 saturated carbocycles. The molecule has 3 heteroatoms. The second kappa shape index (κ2) is 5.96. The quantitative estimate of drug-likeness (QED) is 0.845. The van der Waals surface area contributed by atoms with Crippen LogP contribution in [-0.2, 0) is 6.54 Å². The number of rotatable bonds is 5. The lowest BCUT2D eigenvalue weighted by atomic mass is 10.2. The van der Waals surface area contributed by atoms with Gasteiger partial charge in [-0.05, 0) is 31.2 Å². The predicted octanol–water partition coefficient (Wildman–Crippen LogP) is 3.40. The topological polar surface area (TPSA) is 41.5 Å². The maximum Gasteiger partial charge on any atom is 0.124 e. The molecular formula is C15H17NO2. The number of aromatic hydroxyl groups is 1. The Morgan fingerprint density at radius 3 is 2.56 bits per heavy atom. The lowest BCUT2D eigenvalue weighted by Crippen LogP contribution is -2.00. The summed E-state index contributed by atoms with van der Waals surface area (Å²) in [4.78, 5) is 0. The highest BCUT2D eigenvalue weighted by Crippen LogP contribution is 2.24. The highest BCUT2D eigenvalue weighted by Gasteiger charge is 2.03. The van der Waals surface area contributed by atoms with Crippen LogP contribution in [0, 0.1) is 0 Å². The van der Waals surface area contributed by atoms with Crippen molar-refractivity contribution >= 4 is 5.69 Å². The third-order valence-corrected chi connectivity index (χ3v) is 2.62. The predicted molar refractivity (Wildman–Crippen MR) is 73.0 cm³/mol. The molecule has 0 atom stereocenters. The highest BCUT2D eigenvalue weighted by molar-refractivity contribution is 5.46. The molecule has 0 aliphatic rings. The first-order valence-corrected chi connectivity index (χ1v) is 6.03. The summed E-state index contributed by atoms with van der Waals surface area (Å²) in [5.74, 6) is 0.947. The molecule has 0 aliphatic heterocycles. The molecule has 0 spiro atoms. The minimum Gasteiger partial charge on any atom is -0.507 e. The van der Waals surface area contributed by atoms with Gasteiger partial charge in [0.2, 0.25) is 0 Å². The molecule has 0 unspecified atom stereocenters. The van der Waals surface area contributed by atoms with E-state index in [0.717, 1.165) is 11.3 Å². The van der Waals surface area contributed by atoms with Crippen LogP contribution >= 0.6 is 0 Å². The molecule has 2 aromatic carbocycles. The number of phenols is 1. The van der Waals surface area contributed by atoms with E-state index in [9.17, 15) is 5.11 Å². The summed E-state index contributed by atoms with van der Waals surface area (Å²) in [5, 5.41) is 13.1. The Hall–Kier alpha value is -2.16. The number of ether oxygens (including phenoxy) is 1. The summed E-state index contributed by atoms with van der Waals surface area (Å²) in [6.07, 6.45) is 0. The van der Waals surface area contributed by atoms with Gasteiger partial charge in [-0.3, -0.25) is 0 Å². The summed E-state index contributed by atoms with van der Waals surface area (Å²) in [6.45, 7) is 3.10. The number of benzene rings is 2. The number of para-hydroxylation sites is 1. The van der Waals surface area contributed by atoms with Gasteiger partial charge in [0.1, 0.15) is 11.5 Å². The molecule has 3 nitrogen and oxygen atoms in total. The molecule has 0 fully saturated rings. The largest absolute Gasteiger partial charge is 0.507 e. The second-order valence-corrected chi connectivity index (χ2v) is 3.94. The number of nitrogens with one attached hydrogen (secondary N) is 1. The molecule has 0 heterocycles. The second-order valence-electron chi connectivity index (χ2n) is 3.94. The van der Waals surface area contributed by atoms with Crippen LogP contribution in [0.3, 0.4) is 0 Å². The first-order chi connectivity index (χ1) is 8.79. The third kappa shape index (κ3) is 3.17. The minimum absolute atomic E-state index is 0.254. The average molecular weight is 243 g/mol. The maximum absolute atomic E-state index is 9.88. The van der Waals surface area contributed by atoms with Crippen LogP contribution in [0.2, 0.25) is 0 Å². The third-order valence-electron chi connectivity index (χ3n) is 2.62. The SMILES string of the molecule is CCOc1ccc(CNc2ccccc2)c(O)c1. The maximum atomic E-state index is 9.88. The number of hydrogen-bond acceptors (Lipinski definition) is 3. The van der Waals surface area contributed by atoms with Gasteiger partial charge in [-0.1, -0.05) is 18.2 Å². The van der Waals surface area contributed by atoms with E-state index < -0.39 is 0 Å². The lowest BCUT2D eigenvalue weighted by molar-refractivity contribution is 0.337. The van der Waals surface area contributed by atoms with E-state index >= 15 is 0 Å². The van der Waals surface area contributed by atoms with Crippen LogP contribution < -0.4 is 10.1 Å². The van der Waals surface area contributed by atoms with Crippen LogP contribution in [0.1, 0.15) is 12.5 Å². The van der Waals surface area contributed by atoms with Gasteiger partial charge in [0.15, 0.2) is 0 Å². The normalized spacial score (nSPS) is 10.1. The van der Waals surface area contributed by atoms with Crippen molar-refractivity contribution in [3.63, 3.8) is 0 Å². The molecule has 2 aromatic rings. The van der Waals surface area contributed by atoms with Gasteiger partial charge < -0.3 is 15.2 Å². The van der Waals surface area contributed by atoms with E-state index in [2.05, 4.69) is 5.32 Å². The average Bonchev–Trinajstić information content (AvgIpc) is 2.39. The molecule has 94 valence electrons. The van der Waals surface area contributed by atoms with E-state index in [1.807, 2.05) is 49.4 Å². The molecular weight excluding hydrogens is 226 g/mol. The Morgan fingerprint density at radius 2 is 1.89 bits per heavy atom. The van der Waals surface area contributed by atoms with Crippen LogP contribution in [0.5, 0.6) is 11.5 Å². The van der Waals surface area contributed by atoms with Gasteiger partial charge in [0.25, 0.3) is 0 Å². The molecule has 18 heavy (non-hydrogen) atoms. The molecule has 2 rings (SSSR count). The van der Waals surface area contributed by atoms with Crippen LogP contribution in [0.4, 0.5) is 5.69 Å². The van der Waals surface area contributed by atoms with Crippen LogP contribution in [0.15, 0.2) is 48.5 Å². The smallest absolute Gasteiger partial charge is 0.124 e. The summed E-state index contributed by atoms with van der Waals surface area (Å²) in [7, 11) is 0. The Bertz CT molecular complexity index is 497. The van der Waals surface area contributed by atoms with Crippen molar-refractivity contribution in [1.82, 2.24) is 0 Å². The van der Waals surface area contributed by atoms with Crippen LogP contribution in [-0.4, -0.2) is 11.7 Å². The first kappa shape index (κ1) is 12.3. The van der Waals surface area contributed by atoms with Gasteiger partial charge in [-0.25, -0.2) is 0 Å². The number of phenolic OH excluding ortho intramolecular Hbond substituents is 1. The van der Waals surface area contributed by atoms with E-state index in [0.29, 0.717) is 18.9 Å². The fourth-order valence-corrected chi connectivity index (χ4v) is 1.70. The molecule has 0 aromatic heterocycles. The Kier molecular flexibility index (Phi) is 4.07. The molecule has 0 aliphatic carbocycles. The van der Waals surface area contributed by atoms with Crippen molar-refractivity contribution in [2.24, 2.45) is 0 Å². The van der Waals surface area contributed by atoms with Crippen molar-refractivity contribution in [2.75, 3.05) is 11.9 Å². The van der Waals surface area contributed by atoms with Gasteiger partial charge in [0.05, 0.1) is 6.61 Å². The summed E-state index contributed by atoms with van der Waals surface area (Å²) >= 11 is 0. The molecule has 0 saturated heterocycles. The molecule has 0 radical (unpaired) electrons. The minimum atomic E-state index is 0.254. The van der Waals surface area contributed by atoms with E-state index in [-0.39, 0.29) is 5.75 Å². The summed E-state index contributed by atoms with van der Waals surface area (Å²) in [5.41, 5.74) is 1.88. The van der Waals surface area contributed by atoms with E-state index in [1.54, 1.807) is 6.07 Å². The monoisotopic (exact) mass is 243 g/mol. The molecule has 2 N–H and O–H groups in total. The number of hydrogen-bond donors (Lipinski definition) is 2. The summed E-state index contributed by atoms with van der Waals surface area (Å²) in [6, 6.07) is 15.3. The van der Waals surface area contributed by atoms with Gasteiger partial charge in [0, 0.05) is 23.9 Å². The fraction of sp³-hybridized carbons (Fsp3) is 0.200. The van der Waals surface area contributed by atoms with Gasteiger partial charge >= 0.3 is 0 Å². The van der Waals surface area contributed by atoms with Gasteiger partial charge in [-0.2, -0.15) is 0 Å². The Labute approximate surface area is 107 Å². The lowest BCUT2D eigenvalue weighted by Gasteiger charge is -2.10. The Balaban J connectivity index is 2.01.